The Bertz CT molecular complexity index is 1400. The molecule has 0 saturated heterocycles. The average Bonchev–Trinajstić information content (AvgIpc) is 3.55. The van der Waals surface area contributed by atoms with Crippen LogP contribution in [0.3, 0.4) is 0 Å². The molecule has 0 radical (unpaired) electrons. The molecule has 1 aromatic carbocycles. The molecule has 13 heteroatoms. The molecular weight excluding hydrogens is 580 g/mol. The fourth-order valence-corrected chi connectivity index (χ4v) is 3.18. The van der Waals surface area contributed by atoms with E-state index < -0.39 is 12.1 Å². The number of para-hydroxylation sites is 1. The summed E-state index contributed by atoms with van der Waals surface area (Å²) < 4.78 is 51.3. The number of halogens is 3. The summed E-state index contributed by atoms with van der Waals surface area (Å²) in [6.07, 6.45) is 2.46. The maximum absolute atomic E-state index is 12.4. The number of alkyl halides is 3. The Morgan fingerprint density at radius 1 is 1.26 bits per heavy atom. The Morgan fingerprint density at radius 2 is 1.90 bits per heavy atom. The second-order valence-corrected chi connectivity index (χ2v) is 8.60. The van der Waals surface area contributed by atoms with Gasteiger partial charge in [0.05, 0.1) is 12.2 Å². The first-order valence-electron chi connectivity index (χ1n) is 12.7. The molecule has 0 bridgehead atoms. The quantitative estimate of drug-likeness (QED) is 0.246. The van der Waals surface area contributed by atoms with Crippen molar-refractivity contribution in [3.8, 4) is 28.5 Å². The Morgan fingerprint density at radius 3 is 2.38 bits per heavy atom. The molecule has 9 nitrogen and oxygen atoms in total. The summed E-state index contributed by atoms with van der Waals surface area (Å²) in [5.41, 5.74) is 2.36. The van der Waals surface area contributed by atoms with Crippen molar-refractivity contribution in [2.24, 2.45) is 0 Å². The van der Waals surface area contributed by atoms with Crippen molar-refractivity contribution in [3.05, 3.63) is 96.7 Å². The zero-order valence-electron chi connectivity index (χ0n) is 24.9. The molecule has 1 saturated carbocycles. The van der Waals surface area contributed by atoms with Gasteiger partial charge in [-0.1, -0.05) is 30.6 Å². The molecule has 0 aliphatic heterocycles. The number of pyridine rings is 1. The van der Waals surface area contributed by atoms with Crippen LogP contribution in [0.4, 0.5) is 13.2 Å². The minimum atomic E-state index is -4.79. The van der Waals surface area contributed by atoms with Gasteiger partial charge in [-0.05, 0) is 44.0 Å². The van der Waals surface area contributed by atoms with Crippen LogP contribution in [0.25, 0.3) is 22.7 Å². The van der Waals surface area contributed by atoms with E-state index in [1.54, 1.807) is 18.3 Å². The molecule has 5 rings (SSSR count). The number of aliphatic hydroxyl groups excluding tert-OH is 1. The molecule has 42 heavy (non-hydrogen) atoms. The zero-order valence-corrected chi connectivity index (χ0v) is 27.0. The second kappa shape index (κ2) is 18.8. The first-order chi connectivity index (χ1) is 19.6. The summed E-state index contributed by atoms with van der Waals surface area (Å²) in [6.45, 7) is 13.8. The van der Waals surface area contributed by atoms with E-state index in [4.69, 9.17) is 8.94 Å². The molecule has 0 atom stereocenters. The number of rotatable bonds is 6. The molecule has 2 N–H and O–H groups in total. The largest absolute Gasteiger partial charge is 1.00 e. The number of H-pyrrole nitrogens is 1. The van der Waals surface area contributed by atoms with Gasteiger partial charge in [0.25, 0.3) is 5.89 Å². The number of benzene rings is 1. The van der Waals surface area contributed by atoms with Crippen molar-refractivity contribution in [1.82, 2.24) is 20.3 Å². The number of ether oxygens (including phenoxy) is 1. The summed E-state index contributed by atoms with van der Waals surface area (Å²) in [7, 11) is 0. The molecule has 1 fully saturated rings. The number of hydrogen-bond acceptors (Lipinski definition) is 8. The SMILES string of the molecule is C=C[CH2-].Cc1ccc(-c2n[nH]c(=O)o2)cn1.OCc1c(-c2ccccc2OC(F)(F)F)noc1C1CC1.[CH2-]CCC.[H-].[K+]. The first kappa shape index (κ1) is 37.3. The predicted molar refractivity (Wildman–Crippen MR) is 149 cm³/mol. The predicted octanol–water partition coefficient (Wildman–Crippen LogP) is 4.09. The van der Waals surface area contributed by atoms with Gasteiger partial charge in [0.15, 0.2) is 0 Å². The van der Waals surface area contributed by atoms with Gasteiger partial charge < -0.3 is 27.1 Å². The molecular formula is C29H34F3KN4O5-2. The minimum absolute atomic E-state index is 0. The van der Waals surface area contributed by atoms with Crippen LogP contribution in [0.1, 0.15) is 57.0 Å². The molecule has 0 amide bonds. The number of aliphatic hydroxyl groups is 1. The normalized spacial score (nSPS) is 11.8. The van der Waals surface area contributed by atoms with Gasteiger partial charge in [-0.3, -0.25) is 4.98 Å². The van der Waals surface area contributed by atoms with Crippen molar-refractivity contribution in [1.29, 1.82) is 0 Å². The Kier molecular flexibility index (Phi) is 16.7. The van der Waals surface area contributed by atoms with E-state index >= 15 is 0 Å². The molecule has 3 aromatic heterocycles. The van der Waals surface area contributed by atoms with Gasteiger partial charge in [-0.15, -0.1) is 18.3 Å². The van der Waals surface area contributed by atoms with E-state index in [2.05, 4.69) is 52.4 Å². The fourth-order valence-electron chi connectivity index (χ4n) is 3.18. The smallest absolute Gasteiger partial charge is 1.00 e. The molecule has 3 heterocycles. The second-order valence-electron chi connectivity index (χ2n) is 8.60. The molecule has 0 unspecified atom stereocenters. The average molecular weight is 615 g/mol. The summed E-state index contributed by atoms with van der Waals surface area (Å²) in [5, 5.41) is 19.2. The van der Waals surface area contributed by atoms with Crippen LogP contribution in [-0.2, 0) is 6.61 Å². The summed E-state index contributed by atoms with van der Waals surface area (Å²) >= 11 is 0. The van der Waals surface area contributed by atoms with Crippen LogP contribution >= 0.6 is 0 Å². The van der Waals surface area contributed by atoms with Crippen LogP contribution < -0.4 is 61.9 Å². The number of nitrogens with one attached hydrogen (secondary N) is 1. The standard InChI is InChI=1S/C14H12F3NO3.C8H7N3O2.C4H9.C3H5.K.H/c15-14(16,17)20-11-4-2-1-3-9(11)12-10(7-19)13(21-18-12)8-5-6-8;1-5-2-3-6(4-9-5)7-10-11-8(12)13-7;1-3-4-2;1-3-2;;/h1-4,8,19H,5-7H2;2-4H,1H3,(H,11,12);1,3-4H2,2H3;3H,1-2H2;;/q;;2*-1;+1;-1. The third kappa shape index (κ3) is 12.3. The van der Waals surface area contributed by atoms with Crippen molar-refractivity contribution in [2.45, 2.75) is 58.4 Å². The van der Waals surface area contributed by atoms with E-state index in [-0.39, 0.29) is 88.2 Å². The van der Waals surface area contributed by atoms with E-state index in [0.29, 0.717) is 16.9 Å². The maximum atomic E-state index is 12.4. The Hall–Kier alpha value is -2.68. The summed E-state index contributed by atoms with van der Waals surface area (Å²) in [5.74, 6) is 0.0850. The third-order valence-electron chi connectivity index (χ3n) is 5.24. The van der Waals surface area contributed by atoms with Gasteiger partial charge in [0.2, 0.25) is 0 Å². The molecule has 1 aliphatic carbocycles. The van der Waals surface area contributed by atoms with Crippen molar-refractivity contribution < 1.29 is 84.8 Å². The first-order valence-corrected chi connectivity index (χ1v) is 12.7. The third-order valence-corrected chi connectivity index (χ3v) is 5.24. The summed E-state index contributed by atoms with van der Waals surface area (Å²) in [6, 6.07) is 9.28. The van der Waals surface area contributed by atoms with Crippen LogP contribution in [0.5, 0.6) is 5.75 Å². The minimum Gasteiger partial charge on any atom is -1.00 e. The van der Waals surface area contributed by atoms with E-state index in [9.17, 15) is 23.1 Å². The van der Waals surface area contributed by atoms with Crippen LogP contribution in [0.2, 0.25) is 0 Å². The van der Waals surface area contributed by atoms with Crippen molar-refractivity contribution >= 4 is 0 Å². The van der Waals surface area contributed by atoms with E-state index in [1.165, 1.54) is 30.7 Å². The molecule has 4 aromatic rings. The number of allylic oxidation sites excluding steroid dienone is 1. The van der Waals surface area contributed by atoms with Crippen molar-refractivity contribution in [2.75, 3.05) is 0 Å². The number of unbranched alkanes of at least 4 members (excludes halogenated alkanes) is 1. The van der Waals surface area contributed by atoms with Gasteiger partial charge in [0, 0.05) is 28.9 Å². The molecule has 224 valence electrons. The van der Waals surface area contributed by atoms with Gasteiger partial charge in [-0.2, -0.15) is 6.42 Å². The number of aromatic amines is 1. The Balaban J connectivity index is 0.000000688. The van der Waals surface area contributed by atoms with E-state index in [0.717, 1.165) is 25.0 Å². The number of aryl methyl sites for hydroxylation is 1. The molecule has 1 aliphatic rings. The van der Waals surface area contributed by atoms with Gasteiger partial charge in [0.1, 0.15) is 17.2 Å². The fraction of sp³-hybridized carbons (Fsp3) is 0.310. The van der Waals surface area contributed by atoms with E-state index in [1.807, 2.05) is 13.0 Å². The molecule has 0 spiro atoms. The summed E-state index contributed by atoms with van der Waals surface area (Å²) in [4.78, 5) is 14.7. The topological polar surface area (TPSA) is 127 Å². The maximum Gasteiger partial charge on any atom is 1.00 e. The van der Waals surface area contributed by atoms with Gasteiger partial charge >= 0.3 is 63.5 Å². The van der Waals surface area contributed by atoms with Crippen LogP contribution in [0.15, 0.2) is 69.0 Å². The van der Waals surface area contributed by atoms with Crippen molar-refractivity contribution in [3.63, 3.8) is 0 Å². The zero-order chi connectivity index (χ0) is 30.4. The monoisotopic (exact) mass is 614 g/mol. The van der Waals surface area contributed by atoms with Crippen LogP contribution in [0, 0.1) is 20.8 Å². The Labute approximate surface area is 286 Å². The number of nitrogens with zero attached hydrogens (tertiary/aromatic N) is 3. The number of hydrogen-bond donors (Lipinski definition) is 2. The van der Waals surface area contributed by atoms with Gasteiger partial charge in [-0.25, -0.2) is 29.5 Å². The number of aromatic nitrogens is 4. The van der Waals surface area contributed by atoms with Crippen LogP contribution in [-0.4, -0.2) is 31.8 Å².